The Bertz CT molecular complexity index is 1400. The fraction of sp³-hybridized carbons (Fsp3) is 0.333. The second kappa shape index (κ2) is 19.5. The fourth-order valence-electron chi connectivity index (χ4n) is 4.11. The quantitative estimate of drug-likeness (QED) is 0.126. The van der Waals surface area contributed by atoms with Crippen LogP contribution in [0.1, 0.15) is 22.3 Å². The van der Waals surface area contributed by atoms with Crippen molar-refractivity contribution in [3.8, 4) is 23.0 Å². The molecule has 4 rings (SSSR count). The summed E-state index contributed by atoms with van der Waals surface area (Å²) in [5.41, 5.74) is 4.42. The monoisotopic (exact) mass is 668 g/mol. The van der Waals surface area contributed by atoms with Gasteiger partial charge in [-0.25, -0.2) is 0 Å². The fourth-order valence-corrected chi connectivity index (χ4v) is 4.11. The summed E-state index contributed by atoms with van der Waals surface area (Å²) in [4.78, 5) is 4.11. The zero-order valence-corrected chi connectivity index (χ0v) is 29.3. The molecule has 4 aromatic carbocycles. The lowest BCUT2D eigenvalue weighted by molar-refractivity contribution is -0.0128. The van der Waals surface area contributed by atoms with E-state index in [9.17, 15) is 0 Å². The zero-order chi connectivity index (χ0) is 35.0. The molecule has 11 heteroatoms. The Hall–Kier alpha value is -4.13. The number of hydrogen-bond acceptors (Lipinski definition) is 8. The van der Waals surface area contributed by atoms with Crippen molar-refractivity contribution in [2.75, 3.05) is 41.3 Å². The van der Waals surface area contributed by atoms with Crippen molar-refractivity contribution in [2.45, 2.75) is 40.3 Å². The van der Waals surface area contributed by atoms with Crippen LogP contribution in [0.5, 0.6) is 23.0 Å². The molecule has 0 bridgehead atoms. The van der Waals surface area contributed by atoms with Crippen molar-refractivity contribution in [1.29, 1.82) is 0 Å². The predicted octanol–water partition coefficient (Wildman–Crippen LogP) is 6.65. The summed E-state index contributed by atoms with van der Waals surface area (Å²) in [7, 11) is 3.37. The van der Waals surface area contributed by atoms with Gasteiger partial charge in [0.1, 0.15) is 23.0 Å². The highest BCUT2D eigenvalue weighted by Crippen LogP contribution is 2.24. The maximum atomic E-state index is 8.74. The van der Waals surface area contributed by atoms with Crippen LogP contribution >= 0.6 is 0 Å². The van der Waals surface area contributed by atoms with Crippen LogP contribution in [-0.4, -0.2) is 81.2 Å². The molecule has 0 aliphatic rings. The number of rotatable bonds is 12. The molecule has 0 radical (unpaired) electrons. The average Bonchev–Trinajstić information content (AvgIpc) is 2.97. The minimum Gasteiger partial charge on any atom is -0.453 e. The van der Waals surface area contributed by atoms with Gasteiger partial charge in [0, 0.05) is 0 Å². The molecule has 0 amide bonds. The molecular formula is C36H48N2O8S. The highest BCUT2D eigenvalue weighted by molar-refractivity contribution is 7.79. The van der Waals surface area contributed by atoms with Gasteiger partial charge in [0.25, 0.3) is 12.6 Å². The normalized spacial score (nSPS) is 11.0. The maximum absolute atomic E-state index is 8.74. The number of nitrogens with zero attached hydrogens (tertiary/aromatic N) is 2. The molecule has 0 unspecified atom stereocenters. The Morgan fingerprint density at radius 1 is 0.489 bits per heavy atom. The third-order valence-electron chi connectivity index (χ3n) is 6.44. The van der Waals surface area contributed by atoms with Gasteiger partial charge in [0.05, 0.1) is 13.1 Å². The molecule has 256 valence electrons. The van der Waals surface area contributed by atoms with Crippen molar-refractivity contribution in [3.05, 3.63) is 119 Å². The van der Waals surface area contributed by atoms with E-state index in [2.05, 4.69) is 9.80 Å². The highest BCUT2D eigenvalue weighted by Gasteiger charge is 2.17. The molecule has 10 nitrogen and oxygen atoms in total. The molecule has 0 spiro atoms. The molecule has 0 aliphatic carbocycles. The Morgan fingerprint density at radius 3 is 0.851 bits per heavy atom. The van der Waals surface area contributed by atoms with Crippen molar-refractivity contribution in [1.82, 2.24) is 9.80 Å². The van der Waals surface area contributed by atoms with E-state index in [0.29, 0.717) is 13.1 Å². The summed E-state index contributed by atoms with van der Waals surface area (Å²) in [6, 6.07) is 32.0. The molecule has 0 aliphatic heterocycles. The van der Waals surface area contributed by atoms with Gasteiger partial charge in [-0.15, -0.1) is 0 Å². The number of ether oxygens (including phenoxy) is 4. The standard InChI is InChI=1S/2C18H23NO2.H2O4S/c2*1-14-9-5-7-11-16(14)20-18(13-19(3)4)21-17-12-8-6-10-15(17)2;1-5(2,3)4/h2*5-12,18H,13H2,1-4H3;(H2,1,2,3,4). The summed E-state index contributed by atoms with van der Waals surface area (Å²) >= 11 is 0. The van der Waals surface area contributed by atoms with Crippen LogP contribution in [0.2, 0.25) is 0 Å². The first-order valence-electron chi connectivity index (χ1n) is 15.0. The third-order valence-corrected chi connectivity index (χ3v) is 6.44. The van der Waals surface area contributed by atoms with Crippen LogP contribution < -0.4 is 18.9 Å². The van der Waals surface area contributed by atoms with E-state index in [1.807, 2.05) is 153 Å². The Balaban J connectivity index is 0.000000286. The van der Waals surface area contributed by atoms with Crippen LogP contribution in [-0.2, 0) is 10.4 Å². The molecule has 0 saturated carbocycles. The largest absolute Gasteiger partial charge is 0.453 e. The first-order valence-corrected chi connectivity index (χ1v) is 16.4. The maximum Gasteiger partial charge on any atom is 0.394 e. The van der Waals surface area contributed by atoms with E-state index in [0.717, 1.165) is 45.3 Å². The topological polar surface area (TPSA) is 118 Å². The molecule has 2 N–H and O–H groups in total. The SMILES string of the molecule is Cc1ccccc1OC(CN(C)C)Oc1ccccc1C.Cc1ccccc1OC(CN(C)C)Oc1ccccc1C.O=S(=O)(O)O. The Kier molecular flexibility index (Phi) is 16.2. The molecule has 0 fully saturated rings. The van der Waals surface area contributed by atoms with E-state index in [-0.39, 0.29) is 12.6 Å². The van der Waals surface area contributed by atoms with E-state index < -0.39 is 10.4 Å². The Morgan fingerprint density at radius 2 is 0.681 bits per heavy atom. The van der Waals surface area contributed by atoms with E-state index in [1.54, 1.807) is 0 Å². The van der Waals surface area contributed by atoms with Crippen molar-refractivity contribution in [3.63, 3.8) is 0 Å². The van der Waals surface area contributed by atoms with Crippen molar-refractivity contribution < 1.29 is 36.5 Å². The van der Waals surface area contributed by atoms with Crippen molar-refractivity contribution >= 4 is 10.4 Å². The predicted molar refractivity (Wildman–Crippen MR) is 186 cm³/mol. The summed E-state index contributed by atoms with van der Waals surface area (Å²) in [6.45, 7) is 9.52. The summed E-state index contributed by atoms with van der Waals surface area (Å²) in [6.07, 6.45) is -0.690. The van der Waals surface area contributed by atoms with Crippen LogP contribution in [0.3, 0.4) is 0 Å². The number of likely N-dealkylation sites (N-methyl/N-ethyl adjacent to an activating group) is 2. The lowest BCUT2D eigenvalue weighted by Gasteiger charge is -2.24. The van der Waals surface area contributed by atoms with E-state index in [1.165, 1.54) is 0 Å². The van der Waals surface area contributed by atoms with Crippen LogP contribution in [0, 0.1) is 27.7 Å². The molecule has 47 heavy (non-hydrogen) atoms. The first-order chi connectivity index (χ1) is 22.1. The second-order valence-electron chi connectivity index (χ2n) is 11.4. The minimum atomic E-state index is -4.67. The van der Waals surface area contributed by atoms with Gasteiger partial charge in [-0.2, -0.15) is 8.42 Å². The van der Waals surface area contributed by atoms with E-state index in [4.69, 9.17) is 36.5 Å². The number of benzene rings is 4. The lowest BCUT2D eigenvalue weighted by atomic mass is 10.2. The summed E-state index contributed by atoms with van der Waals surface area (Å²) < 4.78 is 55.8. The van der Waals surface area contributed by atoms with E-state index >= 15 is 0 Å². The van der Waals surface area contributed by atoms with Crippen molar-refractivity contribution in [2.24, 2.45) is 0 Å². The van der Waals surface area contributed by atoms with Gasteiger partial charge in [-0.05, 0) is 102 Å². The van der Waals surface area contributed by atoms with Gasteiger partial charge >= 0.3 is 10.4 Å². The Labute approximate surface area is 280 Å². The first kappa shape index (κ1) is 39.1. The molecule has 4 aromatic rings. The lowest BCUT2D eigenvalue weighted by Crippen LogP contribution is -2.35. The zero-order valence-electron chi connectivity index (χ0n) is 28.5. The van der Waals surface area contributed by atoms with Crippen LogP contribution in [0.4, 0.5) is 0 Å². The van der Waals surface area contributed by atoms with Gasteiger partial charge < -0.3 is 28.7 Å². The van der Waals surface area contributed by atoms with Gasteiger partial charge in [-0.3, -0.25) is 9.11 Å². The molecule has 0 heterocycles. The average molecular weight is 669 g/mol. The molecular weight excluding hydrogens is 620 g/mol. The second-order valence-corrected chi connectivity index (χ2v) is 12.3. The molecule has 0 aromatic heterocycles. The number of hydrogen-bond donors (Lipinski definition) is 2. The number of para-hydroxylation sites is 4. The molecule has 0 saturated heterocycles. The van der Waals surface area contributed by atoms with Crippen LogP contribution in [0.25, 0.3) is 0 Å². The minimum absolute atomic E-state index is 0.345. The molecule has 0 atom stereocenters. The van der Waals surface area contributed by atoms with Crippen LogP contribution in [0.15, 0.2) is 97.1 Å². The van der Waals surface area contributed by atoms with Gasteiger partial charge in [0.15, 0.2) is 0 Å². The summed E-state index contributed by atoms with van der Waals surface area (Å²) in [5.74, 6) is 3.44. The van der Waals surface area contributed by atoms with Gasteiger partial charge in [-0.1, -0.05) is 72.8 Å². The highest BCUT2D eigenvalue weighted by atomic mass is 32.3. The summed E-state index contributed by atoms with van der Waals surface area (Å²) in [5, 5.41) is 0. The third kappa shape index (κ3) is 16.3. The van der Waals surface area contributed by atoms with Gasteiger partial charge in [0.2, 0.25) is 0 Å². The number of aryl methyl sites for hydroxylation is 4. The smallest absolute Gasteiger partial charge is 0.394 e.